The van der Waals surface area contributed by atoms with E-state index in [1.165, 1.54) is 16.8 Å². The third-order valence-electron chi connectivity index (χ3n) is 3.52. The number of aromatic nitrogens is 4. The molecule has 0 atom stereocenters. The molecule has 0 spiro atoms. The molecular weight excluding hydrogens is 293 g/mol. The first-order chi connectivity index (χ1) is 10.6. The van der Waals surface area contributed by atoms with Gasteiger partial charge in [0.05, 0.1) is 23.1 Å². The highest BCUT2D eigenvalue weighted by molar-refractivity contribution is 5.90. The molecule has 1 aromatic carbocycles. The topological polar surface area (TPSA) is 35.1 Å². The number of imidazole rings is 2. The average Bonchev–Trinajstić information content (AvgIpc) is 3.12. The molecule has 0 aliphatic carbocycles. The third-order valence-corrected chi connectivity index (χ3v) is 3.52. The van der Waals surface area contributed by atoms with Crippen LogP contribution in [0.25, 0.3) is 22.4 Å². The van der Waals surface area contributed by atoms with Crippen LogP contribution in [0.15, 0.2) is 55.2 Å². The van der Waals surface area contributed by atoms with Gasteiger partial charge < -0.3 is 4.57 Å². The number of hydrogen-bond donors (Lipinski definition) is 0. The molecule has 0 radical (unpaired) electrons. The van der Waals surface area contributed by atoms with Crippen molar-refractivity contribution in [2.45, 2.75) is 6.18 Å². The molecule has 0 saturated carbocycles. The van der Waals surface area contributed by atoms with E-state index in [9.17, 15) is 13.2 Å². The number of hydrogen-bond acceptors (Lipinski definition) is 2. The zero-order valence-corrected chi connectivity index (χ0v) is 11.1. The first kappa shape index (κ1) is 12.9. The van der Waals surface area contributed by atoms with Gasteiger partial charge in [0.15, 0.2) is 0 Å². The van der Waals surface area contributed by atoms with E-state index in [2.05, 4.69) is 9.97 Å². The first-order valence-corrected chi connectivity index (χ1v) is 6.51. The zero-order chi connectivity index (χ0) is 15.3. The summed E-state index contributed by atoms with van der Waals surface area (Å²) in [7, 11) is 0. The van der Waals surface area contributed by atoms with Crippen LogP contribution in [-0.4, -0.2) is 18.9 Å². The molecule has 22 heavy (non-hydrogen) atoms. The zero-order valence-electron chi connectivity index (χ0n) is 11.1. The summed E-state index contributed by atoms with van der Waals surface area (Å²) in [5.74, 6) is 0. The van der Waals surface area contributed by atoms with Crippen LogP contribution in [0.3, 0.4) is 0 Å². The molecule has 3 heterocycles. The largest absolute Gasteiger partial charge is 0.418 e. The Kier molecular flexibility index (Phi) is 2.53. The number of halogens is 3. The Morgan fingerprint density at radius 3 is 2.59 bits per heavy atom. The number of rotatable bonds is 1. The smallest absolute Gasteiger partial charge is 0.304 e. The molecule has 0 unspecified atom stereocenters. The van der Waals surface area contributed by atoms with Gasteiger partial charge in [-0.3, -0.25) is 4.40 Å². The Bertz CT molecular complexity index is 968. The van der Waals surface area contributed by atoms with Gasteiger partial charge in [-0.2, -0.15) is 13.2 Å². The van der Waals surface area contributed by atoms with E-state index in [4.69, 9.17) is 0 Å². The molecule has 0 amide bonds. The Morgan fingerprint density at radius 1 is 1.00 bits per heavy atom. The predicted octanol–water partition coefficient (Wildman–Crippen LogP) is 3.69. The minimum absolute atomic E-state index is 0.0503. The summed E-state index contributed by atoms with van der Waals surface area (Å²) in [6, 6.07) is 7.60. The molecular formula is C15H9F3N4. The highest BCUT2D eigenvalue weighted by Crippen LogP contribution is 2.37. The van der Waals surface area contributed by atoms with Crippen molar-refractivity contribution in [2.75, 3.05) is 0 Å². The molecule has 7 heteroatoms. The van der Waals surface area contributed by atoms with Crippen LogP contribution in [-0.2, 0) is 6.18 Å². The number of nitrogens with zero attached hydrogens (tertiary/aromatic N) is 4. The lowest BCUT2D eigenvalue weighted by molar-refractivity contribution is -0.136. The Hall–Kier alpha value is -2.83. The van der Waals surface area contributed by atoms with Gasteiger partial charge in [0.25, 0.3) is 0 Å². The Labute approximate surface area is 122 Å². The molecule has 4 aromatic rings. The molecule has 0 fully saturated rings. The van der Waals surface area contributed by atoms with Crippen molar-refractivity contribution < 1.29 is 13.2 Å². The lowest BCUT2D eigenvalue weighted by Gasteiger charge is -2.11. The van der Waals surface area contributed by atoms with Crippen LogP contribution < -0.4 is 0 Å². The quantitative estimate of drug-likeness (QED) is 0.537. The Morgan fingerprint density at radius 2 is 1.86 bits per heavy atom. The van der Waals surface area contributed by atoms with E-state index in [1.807, 2.05) is 0 Å². The summed E-state index contributed by atoms with van der Waals surface area (Å²) in [6.45, 7) is 0. The summed E-state index contributed by atoms with van der Waals surface area (Å²) in [5.41, 5.74) is 0.665. The number of fused-ring (bicyclic) bond motifs is 3. The highest BCUT2D eigenvalue weighted by Gasteiger charge is 2.34. The monoisotopic (exact) mass is 302 g/mol. The van der Waals surface area contributed by atoms with Crippen LogP contribution in [0.4, 0.5) is 13.2 Å². The predicted molar refractivity (Wildman–Crippen MR) is 74.8 cm³/mol. The van der Waals surface area contributed by atoms with Crippen molar-refractivity contribution in [3.8, 4) is 5.69 Å². The minimum Gasteiger partial charge on any atom is -0.304 e. The van der Waals surface area contributed by atoms with Gasteiger partial charge in [0.1, 0.15) is 11.2 Å². The molecule has 110 valence electrons. The second kappa shape index (κ2) is 4.33. The molecule has 0 saturated heterocycles. The van der Waals surface area contributed by atoms with E-state index in [0.717, 1.165) is 6.07 Å². The van der Waals surface area contributed by atoms with Gasteiger partial charge in [0.2, 0.25) is 0 Å². The van der Waals surface area contributed by atoms with Crippen LogP contribution in [0, 0.1) is 0 Å². The van der Waals surface area contributed by atoms with Gasteiger partial charge >= 0.3 is 6.18 Å². The number of pyridine rings is 1. The summed E-state index contributed by atoms with van der Waals surface area (Å²) >= 11 is 0. The minimum atomic E-state index is -4.45. The van der Waals surface area contributed by atoms with Crippen molar-refractivity contribution in [2.24, 2.45) is 0 Å². The van der Waals surface area contributed by atoms with Gasteiger partial charge in [-0.15, -0.1) is 0 Å². The molecule has 4 nitrogen and oxygen atoms in total. The number of alkyl halides is 3. The van der Waals surface area contributed by atoms with Crippen molar-refractivity contribution in [3.63, 3.8) is 0 Å². The van der Waals surface area contributed by atoms with Crippen LogP contribution >= 0.6 is 0 Å². The molecule has 0 N–H and O–H groups in total. The molecule has 0 aliphatic rings. The van der Waals surface area contributed by atoms with E-state index in [1.54, 1.807) is 41.4 Å². The van der Waals surface area contributed by atoms with Crippen molar-refractivity contribution in [1.29, 1.82) is 0 Å². The normalized spacial score (nSPS) is 12.3. The van der Waals surface area contributed by atoms with Crippen molar-refractivity contribution >= 4 is 16.7 Å². The second-order valence-electron chi connectivity index (χ2n) is 4.84. The van der Waals surface area contributed by atoms with Crippen LogP contribution in [0.1, 0.15) is 5.56 Å². The molecule has 0 aliphatic heterocycles. The maximum absolute atomic E-state index is 13.3. The molecule has 0 bridgehead atoms. The lowest BCUT2D eigenvalue weighted by atomic mass is 10.1. The van der Waals surface area contributed by atoms with E-state index < -0.39 is 11.7 Å². The summed E-state index contributed by atoms with van der Waals surface area (Å²) in [5, 5.41) is 0. The highest BCUT2D eigenvalue weighted by atomic mass is 19.4. The third kappa shape index (κ3) is 1.78. The SMILES string of the molecule is FC(F)(F)c1ccc(-n2ccnc2)c2nc3ccccn3c12. The summed E-state index contributed by atoms with van der Waals surface area (Å²) in [4.78, 5) is 8.30. The second-order valence-corrected chi connectivity index (χ2v) is 4.84. The standard InChI is InChI=1S/C15H9F3N4/c16-15(17,18)10-4-5-11(21-8-6-19-9-21)13-14(10)22-7-2-1-3-12(22)20-13/h1-9H. The van der Waals surface area contributed by atoms with E-state index in [-0.39, 0.29) is 5.52 Å². The lowest BCUT2D eigenvalue weighted by Crippen LogP contribution is -2.07. The first-order valence-electron chi connectivity index (χ1n) is 6.51. The van der Waals surface area contributed by atoms with Gasteiger partial charge in [-0.05, 0) is 24.3 Å². The van der Waals surface area contributed by atoms with Gasteiger partial charge in [-0.1, -0.05) is 6.07 Å². The van der Waals surface area contributed by atoms with Gasteiger partial charge in [-0.25, -0.2) is 9.97 Å². The maximum atomic E-state index is 13.3. The van der Waals surface area contributed by atoms with Crippen LogP contribution in [0.2, 0.25) is 0 Å². The maximum Gasteiger partial charge on any atom is 0.418 e. The molecule has 3 aromatic heterocycles. The summed E-state index contributed by atoms with van der Waals surface area (Å²) < 4.78 is 43.1. The fourth-order valence-corrected chi connectivity index (χ4v) is 2.59. The number of benzene rings is 1. The van der Waals surface area contributed by atoms with Crippen molar-refractivity contribution in [1.82, 2.24) is 18.9 Å². The van der Waals surface area contributed by atoms with Gasteiger partial charge in [0, 0.05) is 18.6 Å². The van der Waals surface area contributed by atoms with Crippen molar-refractivity contribution in [3.05, 3.63) is 60.8 Å². The van der Waals surface area contributed by atoms with E-state index >= 15 is 0 Å². The summed E-state index contributed by atoms with van der Waals surface area (Å²) in [6.07, 6.45) is 1.91. The van der Waals surface area contributed by atoms with E-state index in [0.29, 0.717) is 16.9 Å². The Balaban J connectivity index is 2.19. The van der Waals surface area contributed by atoms with Crippen LogP contribution in [0.5, 0.6) is 0 Å². The molecule has 4 rings (SSSR count). The average molecular weight is 302 g/mol. The fourth-order valence-electron chi connectivity index (χ4n) is 2.59. The fraction of sp³-hybridized carbons (Fsp3) is 0.0667.